The predicted octanol–water partition coefficient (Wildman–Crippen LogP) is 1.07. The fourth-order valence-electron chi connectivity index (χ4n) is 1.92. The number of ether oxygens (including phenoxy) is 1. The number of thioether (sulfide) groups is 1. The maximum Gasteiger partial charge on any atom is 0.240 e. The van der Waals surface area contributed by atoms with Gasteiger partial charge in [0.05, 0.1) is 12.8 Å². The van der Waals surface area contributed by atoms with Crippen LogP contribution in [0.3, 0.4) is 0 Å². The Morgan fingerprint density at radius 3 is 2.88 bits per heavy atom. The molecule has 0 radical (unpaired) electrons. The number of amidine groups is 1. The molecule has 2 rings (SSSR count). The maximum atomic E-state index is 11.9. The normalized spacial score (nSPS) is 19.0. The number of nitrogens with zero attached hydrogens (tertiary/aromatic N) is 2. The van der Waals surface area contributed by atoms with Crippen molar-refractivity contribution in [1.29, 1.82) is 0 Å². The van der Waals surface area contributed by atoms with Crippen LogP contribution in [0.4, 0.5) is 0 Å². The highest BCUT2D eigenvalue weighted by atomic mass is 32.2. The Kier molecular flexibility index (Phi) is 6.95. The molecular weight excluding hydrogens is 328 g/mol. The zero-order valence-corrected chi connectivity index (χ0v) is 14.4. The first-order valence-electron chi connectivity index (χ1n) is 7.49. The highest BCUT2D eigenvalue weighted by Crippen LogP contribution is 2.22. The fourth-order valence-corrected chi connectivity index (χ4v) is 2.84. The lowest BCUT2D eigenvalue weighted by Gasteiger charge is -2.06. The molecule has 0 spiro atoms. The van der Waals surface area contributed by atoms with Gasteiger partial charge in [0.1, 0.15) is 5.25 Å². The quantitative estimate of drug-likeness (QED) is 0.438. The van der Waals surface area contributed by atoms with Crippen molar-refractivity contribution >= 4 is 35.0 Å². The van der Waals surface area contributed by atoms with Crippen molar-refractivity contribution < 1.29 is 14.3 Å². The van der Waals surface area contributed by atoms with Crippen molar-refractivity contribution in [1.82, 2.24) is 10.6 Å². The zero-order valence-electron chi connectivity index (χ0n) is 13.6. The minimum atomic E-state index is -0.485. The number of carbonyl (C=O) groups is 2. The number of hydrogen-bond donors (Lipinski definition) is 2. The van der Waals surface area contributed by atoms with E-state index < -0.39 is 5.25 Å². The average Bonchev–Trinajstić information content (AvgIpc) is 2.89. The van der Waals surface area contributed by atoms with Gasteiger partial charge in [0, 0.05) is 20.1 Å². The van der Waals surface area contributed by atoms with Gasteiger partial charge in [0.25, 0.3) is 0 Å². The second-order valence-corrected chi connectivity index (χ2v) is 6.39. The van der Waals surface area contributed by atoms with Crippen LogP contribution in [0.1, 0.15) is 17.5 Å². The molecule has 128 valence electrons. The molecule has 0 saturated carbocycles. The number of hydrogen-bond acceptors (Lipinski definition) is 6. The first-order chi connectivity index (χ1) is 11.6. The van der Waals surface area contributed by atoms with Gasteiger partial charge in [-0.25, -0.2) is 0 Å². The van der Waals surface area contributed by atoms with Crippen LogP contribution in [0, 0.1) is 6.92 Å². The van der Waals surface area contributed by atoms with Gasteiger partial charge in [-0.1, -0.05) is 41.6 Å². The monoisotopic (exact) mass is 348 g/mol. The first kappa shape index (κ1) is 18.2. The van der Waals surface area contributed by atoms with E-state index in [1.807, 2.05) is 31.2 Å². The number of carbonyl (C=O) groups excluding carboxylic acids is 2. The number of amides is 2. The van der Waals surface area contributed by atoms with Gasteiger partial charge >= 0.3 is 0 Å². The molecule has 1 aromatic rings. The van der Waals surface area contributed by atoms with E-state index in [0.29, 0.717) is 18.3 Å². The van der Waals surface area contributed by atoms with Gasteiger partial charge in [0.15, 0.2) is 5.17 Å². The van der Waals surface area contributed by atoms with Gasteiger partial charge in [-0.15, -0.1) is 5.10 Å². The summed E-state index contributed by atoms with van der Waals surface area (Å²) >= 11 is 1.21. The first-order valence-corrected chi connectivity index (χ1v) is 8.37. The summed E-state index contributed by atoms with van der Waals surface area (Å²) in [5.41, 5.74) is 2.09. The Morgan fingerprint density at radius 1 is 1.42 bits per heavy atom. The lowest BCUT2D eigenvalue weighted by Crippen LogP contribution is -2.32. The fraction of sp³-hybridized carbons (Fsp3) is 0.375. The molecule has 24 heavy (non-hydrogen) atoms. The van der Waals surface area contributed by atoms with E-state index in [9.17, 15) is 9.59 Å². The van der Waals surface area contributed by atoms with Gasteiger partial charge in [-0.2, -0.15) is 5.10 Å². The second kappa shape index (κ2) is 9.19. The maximum absolute atomic E-state index is 11.9. The summed E-state index contributed by atoms with van der Waals surface area (Å²) in [5, 5.41) is 13.2. The van der Waals surface area contributed by atoms with Crippen LogP contribution < -0.4 is 10.6 Å². The summed E-state index contributed by atoms with van der Waals surface area (Å²) in [6.45, 7) is 2.88. The molecule has 1 fully saturated rings. The number of rotatable bonds is 7. The third-order valence-electron chi connectivity index (χ3n) is 3.21. The third-order valence-corrected chi connectivity index (χ3v) is 4.28. The predicted molar refractivity (Wildman–Crippen MR) is 95.2 cm³/mol. The van der Waals surface area contributed by atoms with Crippen LogP contribution in [0.15, 0.2) is 34.5 Å². The SMILES string of the molecule is COCCNC(=O)C[C@H]1S/C(=N\N=C/c2ccc(C)cc2)NC1=O. The van der Waals surface area contributed by atoms with E-state index >= 15 is 0 Å². The second-order valence-electron chi connectivity index (χ2n) is 5.20. The van der Waals surface area contributed by atoms with Crippen LogP contribution in [-0.4, -0.2) is 48.7 Å². The highest BCUT2D eigenvalue weighted by Gasteiger charge is 2.32. The molecule has 2 amide bonds. The molecule has 1 aliphatic rings. The lowest BCUT2D eigenvalue weighted by molar-refractivity contribution is -0.125. The van der Waals surface area contributed by atoms with Crippen molar-refractivity contribution in [2.45, 2.75) is 18.6 Å². The van der Waals surface area contributed by atoms with E-state index in [0.717, 1.165) is 5.56 Å². The Hall–Kier alpha value is -2.19. The average molecular weight is 348 g/mol. The van der Waals surface area contributed by atoms with Crippen molar-refractivity contribution in [2.24, 2.45) is 10.2 Å². The minimum absolute atomic E-state index is 0.0981. The smallest absolute Gasteiger partial charge is 0.240 e. The number of benzene rings is 1. The molecule has 1 atom stereocenters. The van der Waals surface area contributed by atoms with E-state index in [1.54, 1.807) is 13.3 Å². The number of aryl methyl sites for hydroxylation is 1. The Morgan fingerprint density at radius 2 is 2.17 bits per heavy atom. The number of methoxy groups -OCH3 is 1. The summed E-state index contributed by atoms with van der Waals surface area (Å²) in [6, 6.07) is 7.84. The van der Waals surface area contributed by atoms with Crippen molar-refractivity contribution in [3.63, 3.8) is 0 Å². The van der Waals surface area contributed by atoms with Crippen LogP contribution in [0.25, 0.3) is 0 Å². The molecule has 1 aliphatic heterocycles. The summed E-state index contributed by atoms with van der Waals surface area (Å²) < 4.78 is 4.85. The minimum Gasteiger partial charge on any atom is -0.383 e. The molecule has 7 nitrogen and oxygen atoms in total. The largest absolute Gasteiger partial charge is 0.383 e. The van der Waals surface area contributed by atoms with Gasteiger partial charge in [-0.3, -0.25) is 9.59 Å². The Labute approximate surface area is 144 Å². The Balaban J connectivity index is 1.84. The van der Waals surface area contributed by atoms with Crippen LogP contribution in [-0.2, 0) is 14.3 Å². The third kappa shape index (κ3) is 5.78. The highest BCUT2D eigenvalue weighted by molar-refractivity contribution is 8.15. The number of nitrogens with one attached hydrogen (secondary N) is 2. The summed E-state index contributed by atoms with van der Waals surface area (Å²) in [6.07, 6.45) is 1.71. The molecule has 0 bridgehead atoms. The van der Waals surface area contributed by atoms with Crippen LogP contribution in [0.5, 0.6) is 0 Å². The topological polar surface area (TPSA) is 92.2 Å². The summed E-state index contributed by atoms with van der Waals surface area (Å²) in [4.78, 5) is 23.6. The van der Waals surface area contributed by atoms with Crippen LogP contribution >= 0.6 is 11.8 Å². The van der Waals surface area contributed by atoms with Gasteiger partial charge in [-0.05, 0) is 12.5 Å². The summed E-state index contributed by atoms with van der Waals surface area (Å²) in [7, 11) is 1.56. The molecular formula is C16H20N4O3S. The standard InChI is InChI=1S/C16H20N4O3S/c1-11-3-5-12(6-4-11)10-18-20-16-19-15(22)13(24-16)9-14(21)17-7-8-23-2/h3-6,10,13H,7-9H2,1-2H3,(H,17,21)(H,19,20,22)/b18-10-/t13-/m1/s1. The van der Waals surface area contributed by atoms with Gasteiger partial charge < -0.3 is 15.4 Å². The van der Waals surface area contributed by atoms with Gasteiger partial charge in [0.2, 0.25) is 11.8 Å². The molecule has 1 saturated heterocycles. The van der Waals surface area contributed by atoms with Crippen molar-refractivity contribution in [3.8, 4) is 0 Å². The van der Waals surface area contributed by atoms with E-state index in [-0.39, 0.29) is 18.2 Å². The molecule has 1 heterocycles. The zero-order chi connectivity index (χ0) is 17.4. The molecule has 0 unspecified atom stereocenters. The van der Waals surface area contributed by atoms with Crippen molar-refractivity contribution in [3.05, 3.63) is 35.4 Å². The van der Waals surface area contributed by atoms with E-state index in [4.69, 9.17) is 4.74 Å². The van der Waals surface area contributed by atoms with E-state index in [1.165, 1.54) is 17.3 Å². The van der Waals surface area contributed by atoms with Crippen molar-refractivity contribution in [2.75, 3.05) is 20.3 Å². The lowest BCUT2D eigenvalue weighted by atomic mass is 10.2. The molecule has 1 aromatic carbocycles. The van der Waals surface area contributed by atoms with Crippen LogP contribution in [0.2, 0.25) is 0 Å². The Bertz CT molecular complexity index is 643. The molecule has 0 aliphatic carbocycles. The molecule has 8 heteroatoms. The molecule has 0 aromatic heterocycles. The molecule has 2 N–H and O–H groups in total. The van der Waals surface area contributed by atoms with E-state index in [2.05, 4.69) is 20.8 Å². The summed E-state index contributed by atoms with van der Waals surface area (Å²) in [5.74, 6) is -0.421.